The van der Waals surface area contributed by atoms with Gasteiger partial charge in [0.05, 0.1) is 28.4 Å². The number of nitrogens with zero attached hydrogens (tertiary/aromatic N) is 1. The minimum atomic E-state index is -4.09. The zero-order valence-electron chi connectivity index (χ0n) is 18.8. The highest BCUT2D eigenvalue weighted by Crippen LogP contribution is 2.44. The predicted molar refractivity (Wildman–Crippen MR) is 126 cm³/mol. The molecule has 0 atom stereocenters. The topological polar surface area (TPSA) is 119 Å². The predicted octanol–water partition coefficient (Wildman–Crippen LogP) is 5.35. The number of rotatable bonds is 8. The van der Waals surface area contributed by atoms with Crippen molar-refractivity contribution >= 4 is 21.7 Å². The lowest BCUT2D eigenvalue weighted by Crippen LogP contribution is -2.18. The molecule has 2 fully saturated rings. The second-order valence-corrected chi connectivity index (χ2v) is 10.6. The molecule has 0 aliphatic heterocycles. The van der Waals surface area contributed by atoms with Crippen LogP contribution in [0.4, 0.5) is 5.69 Å². The van der Waals surface area contributed by atoms with Gasteiger partial charge in [0.25, 0.3) is 10.0 Å². The molecule has 1 heterocycles. The summed E-state index contributed by atoms with van der Waals surface area (Å²) in [6, 6.07) is 9.63. The van der Waals surface area contributed by atoms with Gasteiger partial charge in [0.15, 0.2) is 0 Å². The van der Waals surface area contributed by atoms with Crippen LogP contribution < -0.4 is 9.46 Å². The van der Waals surface area contributed by atoms with Crippen LogP contribution in [0.5, 0.6) is 5.75 Å². The van der Waals surface area contributed by atoms with Crippen LogP contribution in [0.1, 0.15) is 66.1 Å². The van der Waals surface area contributed by atoms with Gasteiger partial charge in [0.2, 0.25) is 0 Å². The summed E-state index contributed by atoms with van der Waals surface area (Å²) in [5.74, 6) is 0.00254. The number of hydrogen-bond acceptors (Lipinski definition) is 6. The first-order valence-corrected chi connectivity index (χ1v) is 12.9. The Labute approximate surface area is 198 Å². The van der Waals surface area contributed by atoms with Crippen molar-refractivity contribution in [3.63, 3.8) is 0 Å². The molecular weight excluding hydrogens is 456 g/mol. The first-order chi connectivity index (χ1) is 16.3. The fourth-order valence-corrected chi connectivity index (χ4v) is 5.86. The van der Waals surface area contributed by atoms with Crippen molar-refractivity contribution in [2.24, 2.45) is 0 Å². The van der Waals surface area contributed by atoms with Crippen LogP contribution in [0.25, 0.3) is 11.1 Å². The number of benzene rings is 2. The smallest absolute Gasteiger partial charge is 0.335 e. The molecule has 0 bridgehead atoms. The van der Waals surface area contributed by atoms with Crippen LogP contribution in [-0.4, -0.2) is 30.8 Å². The summed E-state index contributed by atoms with van der Waals surface area (Å²) in [6.07, 6.45) is 7.38. The molecule has 2 aromatic carbocycles. The number of aromatic carboxylic acids is 1. The second-order valence-electron chi connectivity index (χ2n) is 8.97. The van der Waals surface area contributed by atoms with Crippen molar-refractivity contribution < 1.29 is 27.6 Å². The Hall–Kier alpha value is -3.33. The molecule has 0 saturated heterocycles. The van der Waals surface area contributed by atoms with Gasteiger partial charge in [-0.15, -0.1) is 0 Å². The van der Waals surface area contributed by atoms with Gasteiger partial charge in [-0.05, 0) is 86.8 Å². The molecule has 34 heavy (non-hydrogen) atoms. The molecule has 5 rings (SSSR count). The molecule has 0 radical (unpaired) electrons. The Balaban J connectivity index is 1.56. The zero-order valence-corrected chi connectivity index (χ0v) is 19.6. The monoisotopic (exact) mass is 482 g/mol. The van der Waals surface area contributed by atoms with Crippen molar-refractivity contribution in [1.29, 1.82) is 0 Å². The van der Waals surface area contributed by atoms with Crippen molar-refractivity contribution in [2.45, 2.75) is 62.4 Å². The van der Waals surface area contributed by atoms with Crippen LogP contribution in [0.15, 0.2) is 52.0 Å². The largest absolute Gasteiger partial charge is 0.488 e. The van der Waals surface area contributed by atoms with Gasteiger partial charge in [-0.2, -0.15) is 0 Å². The SMILES string of the molecule is Cc1oncc1-c1ccc(OC2CCCC2)c(NS(=O)(=O)c2cc(C(=O)O)ccc2C2CC2)c1. The van der Waals surface area contributed by atoms with E-state index in [1.165, 1.54) is 12.1 Å². The van der Waals surface area contributed by atoms with Crippen LogP contribution in [0.2, 0.25) is 0 Å². The highest BCUT2D eigenvalue weighted by Gasteiger charge is 2.32. The van der Waals surface area contributed by atoms with E-state index in [4.69, 9.17) is 9.26 Å². The Morgan fingerprint density at radius 2 is 1.88 bits per heavy atom. The number of sulfonamides is 1. The maximum atomic E-state index is 13.6. The summed E-state index contributed by atoms with van der Waals surface area (Å²) >= 11 is 0. The maximum absolute atomic E-state index is 13.6. The van der Waals surface area contributed by atoms with Gasteiger partial charge in [-0.25, -0.2) is 13.2 Å². The lowest BCUT2D eigenvalue weighted by Gasteiger charge is -2.19. The highest BCUT2D eigenvalue weighted by atomic mass is 32.2. The van der Waals surface area contributed by atoms with Crippen LogP contribution >= 0.6 is 0 Å². The quantitative estimate of drug-likeness (QED) is 0.444. The molecule has 2 saturated carbocycles. The Morgan fingerprint density at radius 1 is 1.12 bits per heavy atom. The fraction of sp³-hybridized carbons (Fsp3) is 0.360. The van der Waals surface area contributed by atoms with E-state index in [1.54, 1.807) is 31.3 Å². The Bertz CT molecular complexity index is 1340. The first-order valence-electron chi connectivity index (χ1n) is 11.4. The van der Waals surface area contributed by atoms with E-state index in [0.29, 0.717) is 22.8 Å². The number of ether oxygens (including phenoxy) is 1. The summed E-state index contributed by atoms with van der Waals surface area (Å²) in [6.45, 7) is 1.79. The molecular formula is C25H26N2O6S. The average Bonchev–Trinajstić information content (AvgIpc) is 3.36. The lowest BCUT2D eigenvalue weighted by molar-refractivity contribution is 0.0696. The van der Waals surface area contributed by atoms with E-state index in [0.717, 1.165) is 49.7 Å². The van der Waals surface area contributed by atoms with Crippen molar-refractivity contribution in [3.8, 4) is 16.9 Å². The fourth-order valence-electron chi connectivity index (χ4n) is 4.47. The zero-order chi connectivity index (χ0) is 23.9. The Kier molecular flexibility index (Phi) is 5.81. The van der Waals surface area contributed by atoms with E-state index in [9.17, 15) is 18.3 Å². The minimum absolute atomic E-state index is 0.00622. The normalized spacial score (nSPS) is 16.5. The van der Waals surface area contributed by atoms with Crippen molar-refractivity contribution in [3.05, 3.63) is 59.5 Å². The molecule has 9 heteroatoms. The molecule has 0 amide bonds. The molecule has 3 aromatic rings. The van der Waals surface area contributed by atoms with Gasteiger partial charge in [-0.1, -0.05) is 17.3 Å². The summed E-state index contributed by atoms with van der Waals surface area (Å²) in [5, 5.41) is 13.3. The second kappa shape index (κ2) is 8.79. The third-order valence-corrected chi connectivity index (χ3v) is 7.87. The molecule has 2 aliphatic carbocycles. The average molecular weight is 483 g/mol. The van der Waals surface area contributed by atoms with Crippen LogP contribution in [0, 0.1) is 6.92 Å². The summed E-state index contributed by atoms with van der Waals surface area (Å²) in [7, 11) is -4.09. The van der Waals surface area contributed by atoms with Gasteiger partial charge < -0.3 is 14.4 Å². The van der Waals surface area contributed by atoms with Gasteiger partial charge in [0.1, 0.15) is 11.5 Å². The van der Waals surface area contributed by atoms with Crippen LogP contribution in [0.3, 0.4) is 0 Å². The number of carboxylic acids is 1. The number of carbonyl (C=O) groups is 1. The highest BCUT2D eigenvalue weighted by molar-refractivity contribution is 7.92. The molecule has 178 valence electrons. The molecule has 2 aliphatic rings. The number of nitrogens with one attached hydrogen (secondary N) is 1. The molecule has 1 aromatic heterocycles. The van der Waals surface area contributed by atoms with Gasteiger partial charge >= 0.3 is 5.97 Å². The maximum Gasteiger partial charge on any atom is 0.335 e. The number of carboxylic acid groups (broad SMARTS) is 1. The van der Waals surface area contributed by atoms with E-state index >= 15 is 0 Å². The van der Waals surface area contributed by atoms with E-state index in [-0.39, 0.29) is 22.5 Å². The third kappa shape index (κ3) is 4.52. The van der Waals surface area contributed by atoms with E-state index < -0.39 is 16.0 Å². The molecule has 0 unspecified atom stereocenters. The van der Waals surface area contributed by atoms with Crippen LogP contribution in [-0.2, 0) is 10.0 Å². The Morgan fingerprint density at radius 3 is 2.53 bits per heavy atom. The van der Waals surface area contributed by atoms with Crippen molar-refractivity contribution in [2.75, 3.05) is 4.72 Å². The van der Waals surface area contributed by atoms with E-state index in [1.807, 2.05) is 6.07 Å². The van der Waals surface area contributed by atoms with Crippen molar-refractivity contribution in [1.82, 2.24) is 5.16 Å². The number of aryl methyl sites for hydroxylation is 1. The van der Waals surface area contributed by atoms with E-state index in [2.05, 4.69) is 9.88 Å². The molecule has 2 N–H and O–H groups in total. The molecule has 8 nitrogen and oxygen atoms in total. The number of anilines is 1. The standard InChI is InChI=1S/C25H26N2O6S/c1-15-21(14-26-33-15)17-9-11-23(32-19-4-2-3-5-19)22(12-17)27-34(30,31)24-13-18(25(28)29)8-10-20(24)16-6-7-16/h8-14,16,19,27H,2-7H2,1H3,(H,28,29). The van der Waals surface area contributed by atoms with Gasteiger partial charge in [0, 0.05) is 5.56 Å². The summed E-state index contributed by atoms with van der Waals surface area (Å²) in [5.41, 5.74) is 2.35. The first kappa shape index (κ1) is 22.5. The molecule has 0 spiro atoms. The minimum Gasteiger partial charge on any atom is -0.488 e. The third-order valence-electron chi connectivity index (χ3n) is 6.45. The lowest BCUT2D eigenvalue weighted by atomic mass is 10.1. The van der Waals surface area contributed by atoms with Gasteiger partial charge in [-0.3, -0.25) is 4.72 Å². The number of aromatic nitrogens is 1. The summed E-state index contributed by atoms with van der Waals surface area (Å²) < 4.78 is 41.2. The number of hydrogen-bond donors (Lipinski definition) is 2. The summed E-state index contributed by atoms with van der Waals surface area (Å²) in [4.78, 5) is 11.5.